The Kier molecular flexibility index (Phi) is 4.11. The number of nitrogens with one attached hydrogen (secondary N) is 1. The van der Waals surface area contributed by atoms with Crippen molar-refractivity contribution in [3.63, 3.8) is 0 Å². The van der Waals surface area contributed by atoms with Crippen LogP contribution in [0.4, 0.5) is 5.69 Å². The Labute approximate surface area is 137 Å². The Morgan fingerprint density at radius 1 is 1.29 bits per heavy atom. The van der Waals surface area contributed by atoms with Crippen LogP contribution in [0.2, 0.25) is 0 Å². The lowest BCUT2D eigenvalue weighted by molar-refractivity contribution is 0.0692. The van der Waals surface area contributed by atoms with Gasteiger partial charge in [0.1, 0.15) is 5.56 Å². The summed E-state index contributed by atoms with van der Waals surface area (Å²) in [6, 6.07) is 9.10. The van der Waals surface area contributed by atoms with Crippen LogP contribution in [0, 0.1) is 0 Å². The van der Waals surface area contributed by atoms with E-state index < -0.39 is 11.9 Å². The van der Waals surface area contributed by atoms with Crippen LogP contribution >= 0.6 is 0 Å². The van der Waals surface area contributed by atoms with E-state index in [-0.39, 0.29) is 11.3 Å². The van der Waals surface area contributed by atoms with E-state index >= 15 is 0 Å². The number of aryl methyl sites for hydroxylation is 1. The molecule has 0 spiro atoms. The Hall–Kier alpha value is -3.42. The van der Waals surface area contributed by atoms with E-state index in [1.54, 1.807) is 24.0 Å². The number of hydrogen-bond acceptors (Lipinski definition) is 4. The van der Waals surface area contributed by atoms with Gasteiger partial charge in [0.2, 0.25) is 0 Å². The highest BCUT2D eigenvalue weighted by Gasteiger charge is 2.21. The van der Waals surface area contributed by atoms with Crippen molar-refractivity contribution in [1.29, 1.82) is 0 Å². The first kappa shape index (κ1) is 15.5. The fourth-order valence-electron chi connectivity index (χ4n) is 2.33. The van der Waals surface area contributed by atoms with Crippen molar-refractivity contribution < 1.29 is 14.7 Å². The minimum absolute atomic E-state index is 0.123. The smallest absolute Gasteiger partial charge is 0.339 e. The number of nitrogens with zero attached hydrogens (tertiary/aromatic N) is 4. The quantitative estimate of drug-likeness (QED) is 0.742. The first-order valence-electron chi connectivity index (χ1n) is 7.17. The summed E-state index contributed by atoms with van der Waals surface area (Å²) >= 11 is 0. The molecule has 0 radical (unpaired) electrons. The van der Waals surface area contributed by atoms with Crippen LogP contribution in [0.5, 0.6) is 0 Å². The van der Waals surface area contributed by atoms with E-state index in [0.717, 1.165) is 5.56 Å². The Bertz CT molecular complexity index is 883. The second-order valence-electron chi connectivity index (χ2n) is 5.23. The lowest BCUT2D eigenvalue weighted by Crippen LogP contribution is -2.16. The molecular formula is C16H15N5O3. The zero-order chi connectivity index (χ0) is 17.1. The Morgan fingerprint density at radius 2 is 2.12 bits per heavy atom. The summed E-state index contributed by atoms with van der Waals surface area (Å²) in [4.78, 5) is 23.5. The number of hydrogen-bond donors (Lipinski definition) is 2. The lowest BCUT2D eigenvalue weighted by atomic mass is 10.2. The maximum atomic E-state index is 12.3. The number of amides is 1. The zero-order valence-corrected chi connectivity index (χ0v) is 12.9. The fraction of sp³-hybridized carbons (Fsp3) is 0.125. The number of benzene rings is 1. The molecule has 0 saturated carbocycles. The first-order chi connectivity index (χ1) is 11.5. The van der Waals surface area contributed by atoms with E-state index in [4.69, 9.17) is 5.11 Å². The molecule has 0 unspecified atom stereocenters. The van der Waals surface area contributed by atoms with Gasteiger partial charge in [-0.3, -0.25) is 14.2 Å². The predicted octanol–water partition coefficient (Wildman–Crippen LogP) is 1.62. The number of aromatic nitrogens is 4. The standard InChI is InChI=1S/C16H15N5O3/c1-20-10-13(16(23)24)14(19-20)15(22)18-12-5-2-4-11(8-12)9-21-7-3-6-17-21/h2-8,10H,9H2,1H3,(H,18,22)(H,23,24). The van der Waals surface area contributed by atoms with Gasteiger partial charge in [0, 0.05) is 31.3 Å². The van der Waals surface area contributed by atoms with Crippen LogP contribution < -0.4 is 5.32 Å². The second-order valence-corrected chi connectivity index (χ2v) is 5.23. The minimum Gasteiger partial charge on any atom is -0.478 e. The zero-order valence-electron chi connectivity index (χ0n) is 12.9. The molecule has 24 heavy (non-hydrogen) atoms. The van der Waals surface area contributed by atoms with Gasteiger partial charge in [0.25, 0.3) is 5.91 Å². The van der Waals surface area contributed by atoms with Crippen LogP contribution in [0.1, 0.15) is 26.4 Å². The monoisotopic (exact) mass is 325 g/mol. The normalized spacial score (nSPS) is 10.5. The lowest BCUT2D eigenvalue weighted by Gasteiger charge is -2.07. The van der Waals surface area contributed by atoms with E-state index in [9.17, 15) is 9.59 Å². The molecule has 1 amide bonds. The van der Waals surface area contributed by atoms with Gasteiger partial charge < -0.3 is 10.4 Å². The molecule has 8 nitrogen and oxygen atoms in total. The van der Waals surface area contributed by atoms with Crippen molar-refractivity contribution in [1.82, 2.24) is 19.6 Å². The topological polar surface area (TPSA) is 102 Å². The van der Waals surface area contributed by atoms with Crippen LogP contribution in [-0.2, 0) is 13.6 Å². The van der Waals surface area contributed by atoms with Crippen LogP contribution in [0.3, 0.4) is 0 Å². The minimum atomic E-state index is -1.19. The molecule has 0 saturated heterocycles. The Morgan fingerprint density at radius 3 is 2.83 bits per heavy atom. The van der Waals surface area contributed by atoms with Gasteiger partial charge in [0.05, 0.1) is 6.54 Å². The highest BCUT2D eigenvalue weighted by Crippen LogP contribution is 2.14. The SMILES string of the molecule is Cn1cc(C(=O)O)c(C(=O)Nc2cccc(Cn3cccn3)c2)n1. The molecule has 0 bridgehead atoms. The second kappa shape index (κ2) is 6.37. The average Bonchev–Trinajstić information content (AvgIpc) is 3.17. The summed E-state index contributed by atoms with van der Waals surface area (Å²) < 4.78 is 3.06. The molecule has 0 fully saturated rings. The maximum Gasteiger partial charge on any atom is 0.339 e. The van der Waals surface area contributed by atoms with Crippen molar-refractivity contribution in [3.05, 3.63) is 65.7 Å². The first-order valence-corrected chi connectivity index (χ1v) is 7.17. The molecule has 0 aliphatic carbocycles. The number of anilines is 1. The molecule has 0 aliphatic heterocycles. The number of aromatic carboxylic acids is 1. The van der Waals surface area contributed by atoms with Crippen molar-refractivity contribution in [2.75, 3.05) is 5.32 Å². The molecule has 3 aromatic rings. The molecule has 2 heterocycles. The number of carboxylic acids is 1. The Balaban J connectivity index is 1.78. The number of rotatable bonds is 5. The van der Waals surface area contributed by atoms with Gasteiger partial charge in [-0.05, 0) is 23.8 Å². The van der Waals surface area contributed by atoms with Gasteiger partial charge in [-0.25, -0.2) is 4.79 Å². The third-order valence-corrected chi connectivity index (χ3v) is 3.36. The summed E-state index contributed by atoms with van der Waals surface area (Å²) in [6.45, 7) is 0.570. The highest BCUT2D eigenvalue weighted by atomic mass is 16.4. The van der Waals surface area contributed by atoms with Crippen molar-refractivity contribution in [2.45, 2.75) is 6.54 Å². The molecule has 3 rings (SSSR count). The summed E-state index contributed by atoms with van der Waals surface area (Å²) in [7, 11) is 1.56. The van der Waals surface area contributed by atoms with Gasteiger partial charge in [-0.2, -0.15) is 10.2 Å². The maximum absolute atomic E-state index is 12.3. The van der Waals surface area contributed by atoms with Crippen molar-refractivity contribution in [2.24, 2.45) is 7.05 Å². The molecular weight excluding hydrogens is 310 g/mol. The molecule has 1 aromatic carbocycles. The number of carboxylic acid groups (broad SMARTS) is 1. The van der Waals surface area contributed by atoms with Gasteiger partial charge in [-0.1, -0.05) is 12.1 Å². The summed E-state index contributed by atoms with van der Waals surface area (Å²) in [5.74, 6) is -1.76. The molecule has 122 valence electrons. The van der Waals surface area contributed by atoms with E-state index in [1.165, 1.54) is 10.9 Å². The van der Waals surface area contributed by atoms with Crippen LogP contribution in [0.25, 0.3) is 0 Å². The molecule has 2 N–H and O–H groups in total. The molecule has 2 aromatic heterocycles. The summed E-state index contributed by atoms with van der Waals surface area (Å²) in [5.41, 5.74) is 1.26. The number of carbonyl (C=O) groups excluding carboxylic acids is 1. The summed E-state index contributed by atoms with van der Waals surface area (Å²) in [5, 5.41) is 19.9. The molecule has 0 aliphatic rings. The number of carbonyl (C=O) groups is 2. The van der Waals surface area contributed by atoms with Gasteiger partial charge >= 0.3 is 5.97 Å². The summed E-state index contributed by atoms with van der Waals surface area (Å²) in [6.07, 6.45) is 4.84. The predicted molar refractivity (Wildman–Crippen MR) is 85.9 cm³/mol. The van der Waals surface area contributed by atoms with Crippen molar-refractivity contribution >= 4 is 17.6 Å². The fourth-order valence-corrected chi connectivity index (χ4v) is 2.33. The molecule has 8 heteroatoms. The van der Waals surface area contributed by atoms with Crippen molar-refractivity contribution in [3.8, 4) is 0 Å². The highest BCUT2D eigenvalue weighted by molar-refractivity contribution is 6.09. The average molecular weight is 325 g/mol. The van der Waals surface area contributed by atoms with Gasteiger partial charge in [-0.15, -0.1) is 0 Å². The third kappa shape index (κ3) is 3.32. The van der Waals surface area contributed by atoms with E-state index in [0.29, 0.717) is 12.2 Å². The largest absolute Gasteiger partial charge is 0.478 e. The van der Waals surface area contributed by atoms with Crippen LogP contribution in [-0.4, -0.2) is 36.5 Å². The van der Waals surface area contributed by atoms with Crippen LogP contribution in [0.15, 0.2) is 48.9 Å². The third-order valence-electron chi connectivity index (χ3n) is 3.36. The van der Waals surface area contributed by atoms with E-state index in [2.05, 4.69) is 15.5 Å². The van der Waals surface area contributed by atoms with E-state index in [1.807, 2.05) is 30.5 Å². The van der Waals surface area contributed by atoms with Gasteiger partial charge in [0.15, 0.2) is 5.69 Å². The molecule has 0 atom stereocenters.